The van der Waals surface area contributed by atoms with Crippen LogP contribution in [-0.2, 0) is 0 Å². The van der Waals surface area contributed by atoms with Gasteiger partial charge < -0.3 is 4.90 Å². The first-order chi connectivity index (χ1) is 5.16. The summed E-state index contributed by atoms with van der Waals surface area (Å²) in [5, 5.41) is 8.14. The minimum Gasteiger partial charge on any atom is -0.301 e. The molecule has 11 heavy (non-hydrogen) atoms. The second-order valence-electron chi connectivity index (χ2n) is 2.41. The van der Waals surface area contributed by atoms with Crippen molar-refractivity contribution in [3.05, 3.63) is 0 Å². The zero-order chi connectivity index (χ0) is 8.69. The van der Waals surface area contributed by atoms with Crippen molar-refractivity contribution in [2.75, 3.05) is 20.1 Å². The Morgan fingerprint density at radius 1 is 1.55 bits per heavy atom. The summed E-state index contributed by atoms with van der Waals surface area (Å²) in [6.07, 6.45) is -1.17. The Labute approximate surface area is 65.4 Å². The molecule has 0 rings (SSSR count). The van der Waals surface area contributed by atoms with Gasteiger partial charge in [0.1, 0.15) is 0 Å². The van der Waals surface area contributed by atoms with E-state index < -0.39 is 6.43 Å². The molecular weight excluding hydrogens is 150 g/mol. The van der Waals surface area contributed by atoms with Crippen LogP contribution in [0, 0.1) is 11.3 Å². The molecule has 0 bridgehead atoms. The molecule has 0 aromatic rings. The van der Waals surface area contributed by atoms with Gasteiger partial charge >= 0.3 is 0 Å². The number of alkyl halides is 2. The van der Waals surface area contributed by atoms with Crippen molar-refractivity contribution in [2.45, 2.75) is 19.3 Å². The molecule has 0 fully saturated rings. The SMILES string of the molecule is CN(CCCC#N)CC(F)F. The van der Waals surface area contributed by atoms with Gasteiger partial charge in [0.2, 0.25) is 0 Å². The number of hydrogen-bond acceptors (Lipinski definition) is 2. The van der Waals surface area contributed by atoms with E-state index in [0.29, 0.717) is 19.4 Å². The summed E-state index contributed by atoms with van der Waals surface area (Å²) in [6.45, 7) is 0.364. The number of halogens is 2. The fourth-order valence-corrected chi connectivity index (χ4v) is 0.755. The molecule has 64 valence electrons. The molecule has 0 aliphatic rings. The zero-order valence-corrected chi connectivity index (χ0v) is 6.56. The maximum atomic E-state index is 11.7. The van der Waals surface area contributed by atoms with Gasteiger partial charge in [-0.25, -0.2) is 8.78 Å². The van der Waals surface area contributed by atoms with Crippen molar-refractivity contribution < 1.29 is 8.78 Å². The fourth-order valence-electron chi connectivity index (χ4n) is 0.755. The average molecular weight is 162 g/mol. The van der Waals surface area contributed by atoms with Crippen LogP contribution in [0.1, 0.15) is 12.8 Å². The Hall–Kier alpha value is -0.690. The summed E-state index contributed by atoms with van der Waals surface area (Å²) in [7, 11) is 1.63. The van der Waals surface area contributed by atoms with Crippen LogP contribution in [0.4, 0.5) is 8.78 Å². The Morgan fingerprint density at radius 3 is 2.64 bits per heavy atom. The van der Waals surface area contributed by atoms with E-state index in [1.165, 1.54) is 4.90 Å². The van der Waals surface area contributed by atoms with Crippen LogP contribution in [0.25, 0.3) is 0 Å². The molecule has 0 heterocycles. The largest absolute Gasteiger partial charge is 0.301 e. The summed E-state index contributed by atoms with van der Waals surface area (Å²) < 4.78 is 23.4. The van der Waals surface area contributed by atoms with Gasteiger partial charge in [0, 0.05) is 6.42 Å². The molecule has 0 aliphatic heterocycles. The third-order valence-corrected chi connectivity index (χ3v) is 1.28. The molecule has 0 radical (unpaired) electrons. The maximum absolute atomic E-state index is 11.7. The van der Waals surface area contributed by atoms with Crippen molar-refractivity contribution in [1.82, 2.24) is 4.90 Å². The first-order valence-corrected chi connectivity index (χ1v) is 3.50. The standard InChI is InChI=1S/C7H12F2N2/c1-11(6-7(8)9)5-3-2-4-10/h7H,2-3,5-6H2,1H3. The molecular formula is C7H12F2N2. The van der Waals surface area contributed by atoms with E-state index in [9.17, 15) is 8.78 Å². The maximum Gasteiger partial charge on any atom is 0.251 e. The van der Waals surface area contributed by atoms with Crippen LogP contribution >= 0.6 is 0 Å². The van der Waals surface area contributed by atoms with Gasteiger partial charge in [-0.3, -0.25) is 0 Å². The van der Waals surface area contributed by atoms with E-state index >= 15 is 0 Å². The summed E-state index contributed by atoms with van der Waals surface area (Å²) >= 11 is 0. The molecule has 0 saturated heterocycles. The van der Waals surface area contributed by atoms with Gasteiger partial charge in [-0.05, 0) is 20.0 Å². The van der Waals surface area contributed by atoms with Gasteiger partial charge in [-0.2, -0.15) is 5.26 Å². The Bertz CT molecular complexity index is 131. The lowest BCUT2D eigenvalue weighted by Gasteiger charge is -2.14. The lowest BCUT2D eigenvalue weighted by atomic mass is 10.3. The molecule has 0 aliphatic carbocycles. The Morgan fingerprint density at radius 2 is 2.18 bits per heavy atom. The van der Waals surface area contributed by atoms with Crippen molar-refractivity contribution in [3.63, 3.8) is 0 Å². The van der Waals surface area contributed by atoms with Crippen LogP contribution in [-0.4, -0.2) is 31.5 Å². The van der Waals surface area contributed by atoms with Crippen molar-refractivity contribution in [1.29, 1.82) is 5.26 Å². The predicted octanol–water partition coefficient (Wildman–Crippen LogP) is 1.49. The van der Waals surface area contributed by atoms with Crippen LogP contribution in [0.2, 0.25) is 0 Å². The summed E-state index contributed by atoms with van der Waals surface area (Å²) in [5.41, 5.74) is 0. The van der Waals surface area contributed by atoms with E-state index in [4.69, 9.17) is 5.26 Å². The van der Waals surface area contributed by atoms with Gasteiger partial charge in [-0.1, -0.05) is 0 Å². The minimum atomic E-state index is -2.28. The Balaban J connectivity index is 3.24. The minimum absolute atomic E-state index is 0.203. The number of nitrogens with zero attached hydrogens (tertiary/aromatic N) is 2. The first-order valence-electron chi connectivity index (χ1n) is 3.50. The monoisotopic (exact) mass is 162 g/mol. The molecule has 0 atom stereocenters. The lowest BCUT2D eigenvalue weighted by molar-refractivity contribution is 0.100. The topological polar surface area (TPSA) is 27.0 Å². The summed E-state index contributed by atoms with van der Waals surface area (Å²) in [6, 6.07) is 1.96. The molecule has 0 aromatic heterocycles. The van der Waals surface area contributed by atoms with E-state index in [1.54, 1.807) is 7.05 Å². The third-order valence-electron chi connectivity index (χ3n) is 1.28. The second-order valence-corrected chi connectivity index (χ2v) is 2.41. The highest BCUT2D eigenvalue weighted by Gasteiger charge is 2.05. The van der Waals surface area contributed by atoms with E-state index in [0.717, 1.165) is 0 Å². The third kappa shape index (κ3) is 7.20. The molecule has 0 N–H and O–H groups in total. The molecule has 0 unspecified atom stereocenters. The number of nitriles is 1. The fraction of sp³-hybridized carbons (Fsp3) is 0.857. The highest BCUT2D eigenvalue weighted by molar-refractivity contribution is 4.69. The Kier molecular flexibility index (Phi) is 5.67. The van der Waals surface area contributed by atoms with Crippen LogP contribution < -0.4 is 0 Å². The molecule has 0 saturated carbocycles. The zero-order valence-electron chi connectivity index (χ0n) is 6.56. The predicted molar refractivity (Wildman–Crippen MR) is 38.3 cm³/mol. The van der Waals surface area contributed by atoms with Gasteiger partial charge in [0.15, 0.2) is 0 Å². The summed E-state index contributed by atoms with van der Waals surface area (Å²) in [4.78, 5) is 1.53. The number of unbranched alkanes of at least 4 members (excludes halogenated alkanes) is 1. The van der Waals surface area contributed by atoms with E-state index in [-0.39, 0.29) is 6.54 Å². The van der Waals surface area contributed by atoms with E-state index in [1.807, 2.05) is 6.07 Å². The average Bonchev–Trinajstić information content (AvgIpc) is 1.86. The normalized spacial score (nSPS) is 10.5. The highest BCUT2D eigenvalue weighted by atomic mass is 19.3. The molecule has 2 nitrogen and oxygen atoms in total. The lowest BCUT2D eigenvalue weighted by Crippen LogP contribution is -2.25. The van der Waals surface area contributed by atoms with E-state index in [2.05, 4.69) is 0 Å². The van der Waals surface area contributed by atoms with Crippen molar-refractivity contribution in [3.8, 4) is 6.07 Å². The number of rotatable bonds is 5. The molecule has 0 amide bonds. The first kappa shape index (κ1) is 10.3. The molecule has 0 aromatic carbocycles. The van der Waals surface area contributed by atoms with Gasteiger partial charge in [0.25, 0.3) is 6.43 Å². The highest BCUT2D eigenvalue weighted by Crippen LogP contribution is 1.97. The number of hydrogen-bond donors (Lipinski definition) is 0. The van der Waals surface area contributed by atoms with Crippen LogP contribution in [0.15, 0.2) is 0 Å². The molecule has 0 spiro atoms. The van der Waals surface area contributed by atoms with Crippen molar-refractivity contribution >= 4 is 0 Å². The van der Waals surface area contributed by atoms with Crippen LogP contribution in [0.5, 0.6) is 0 Å². The van der Waals surface area contributed by atoms with Crippen LogP contribution in [0.3, 0.4) is 0 Å². The second kappa shape index (κ2) is 6.05. The van der Waals surface area contributed by atoms with Gasteiger partial charge in [0.05, 0.1) is 12.6 Å². The van der Waals surface area contributed by atoms with Crippen molar-refractivity contribution in [2.24, 2.45) is 0 Å². The quantitative estimate of drug-likeness (QED) is 0.572. The smallest absolute Gasteiger partial charge is 0.251 e. The van der Waals surface area contributed by atoms with Gasteiger partial charge in [-0.15, -0.1) is 0 Å². The summed E-state index contributed by atoms with van der Waals surface area (Å²) in [5.74, 6) is 0. The molecule has 4 heteroatoms.